The van der Waals surface area contributed by atoms with Gasteiger partial charge >= 0.3 is 0 Å². The van der Waals surface area contributed by atoms with Crippen LogP contribution >= 0.6 is 0 Å². The van der Waals surface area contributed by atoms with Crippen molar-refractivity contribution in [1.82, 2.24) is 9.62 Å². The predicted molar refractivity (Wildman–Crippen MR) is 89.4 cm³/mol. The second-order valence-electron chi connectivity index (χ2n) is 5.87. The third kappa shape index (κ3) is 5.62. The first-order valence-electron chi connectivity index (χ1n) is 7.44. The fraction of sp³-hybridized carbons (Fsp3) is 0.500. The number of ether oxygens (including phenoxy) is 2. The predicted octanol–water partition coefficient (Wildman–Crippen LogP) is 0.964. The largest absolute Gasteiger partial charge is 0.494 e. The lowest BCUT2D eigenvalue weighted by atomic mass is 10.0. The van der Waals surface area contributed by atoms with E-state index < -0.39 is 16.1 Å². The van der Waals surface area contributed by atoms with Gasteiger partial charge in [0.05, 0.1) is 37.8 Å². The molecule has 128 valence electrons. The van der Waals surface area contributed by atoms with Crippen LogP contribution in [0.2, 0.25) is 0 Å². The molecule has 0 aromatic heterocycles. The number of hydrogen-bond donors (Lipinski definition) is 1. The van der Waals surface area contributed by atoms with E-state index in [-0.39, 0.29) is 12.1 Å². The number of likely N-dealkylation sites (N-methyl/N-ethyl adjacent to an activating group) is 1. The molecule has 0 radical (unpaired) electrons. The summed E-state index contributed by atoms with van der Waals surface area (Å²) in [6, 6.07) is 9.33. The molecule has 23 heavy (non-hydrogen) atoms. The molecule has 0 saturated heterocycles. The number of sulfonamides is 1. The molecule has 0 spiro atoms. The second-order valence-corrected chi connectivity index (χ2v) is 7.65. The van der Waals surface area contributed by atoms with Crippen LogP contribution in [0.3, 0.4) is 0 Å². The molecule has 1 aromatic rings. The summed E-state index contributed by atoms with van der Waals surface area (Å²) in [6.07, 6.45) is 4.23. The number of benzene rings is 1. The normalized spacial score (nSPS) is 24.6. The van der Waals surface area contributed by atoms with Crippen LogP contribution in [0.4, 0.5) is 0 Å². The minimum Gasteiger partial charge on any atom is -0.494 e. The Balaban J connectivity index is 2.01. The van der Waals surface area contributed by atoms with Crippen LogP contribution in [0.15, 0.2) is 42.7 Å². The topological polar surface area (TPSA) is 67.9 Å². The Bertz CT molecular complexity index is 616. The van der Waals surface area contributed by atoms with Gasteiger partial charge in [-0.1, -0.05) is 30.3 Å². The van der Waals surface area contributed by atoms with Gasteiger partial charge in [-0.25, -0.2) is 13.1 Å². The van der Waals surface area contributed by atoms with E-state index in [1.165, 1.54) is 0 Å². The van der Waals surface area contributed by atoms with Crippen LogP contribution in [-0.4, -0.2) is 58.5 Å². The highest BCUT2D eigenvalue weighted by Gasteiger charge is 2.35. The Kier molecular flexibility index (Phi) is 6.17. The molecule has 2 rings (SSSR count). The van der Waals surface area contributed by atoms with Gasteiger partial charge in [0.2, 0.25) is 10.0 Å². The quantitative estimate of drug-likeness (QED) is 0.801. The van der Waals surface area contributed by atoms with Gasteiger partial charge in [-0.2, -0.15) is 0 Å². The summed E-state index contributed by atoms with van der Waals surface area (Å²) in [6.45, 7) is 0.763. The van der Waals surface area contributed by atoms with Crippen molar-refractivity contribution in [3.63, 3.8) is 0 Å². The molecule has 1 N–H and O–H groups in total. The van der Waals surface area contributed by atoms with Gasteiger partial charge in [0.1, 0.15) is 6.10 Å². The maximum absolute atomic E-state index is 11.7. The molecule has 6 nitrogen and oxygen atoms in total. The lowest BCUT2D eigenvalue weighted by Gasteiger charge is -2.37. The summed E-state index contributed by atoms with van der Waals surface area (Å²) in [5.74, 6) is 0. The highest BCUT2D eigenvalue weighted by atomic mass is 32.2. The highest BCUT2D eigenvalue weighted by molar-refractivity contribution is 7.88. The van der Waals surface area contributed by atoms with Gasteiger partial charge < -0.3 is 14.4 Å². The molecule has 0 bridgehead atoms. The van der Waals surface area contributed by atoms with Crippen LogP contribution in [0.25, 0.3) is 0 Å². The zero-order valence-corrected chi connectivity index (χ0v) is 14.5. The lowest BCUT2D eigenvalue weighted by Crippen LogP contribution is -2.57. The molecule has 0 aliphatic carbocycles. The van der Waals surface area contributed by atoms with E-state index >= 15 is 0 Å². The van der Waals surface area contributed by atoms with E-state index in [2.05, 4.69) is 4.72 Å². The van der Waals surface area contributed by atoms with Crippen molar-refractivity contribution in [3.05, 3.63) is 48.2 Å². The van der Waals surface area contributed by atoms with E-state index in [0.717, 1.165) is 11.8 Å². The highest BCUT2D eigenvalue weighted by Crippen LogP contribution is 2.18. The van der Waals surface area contributed by atoms with Crippen LogP contribution < -0.4 is 4.72 Å². The molecule has 7 heteroatoms. The number of hydrogen-bond acceptors (Lipinski definition) is 5. The Morgan fingerprint density at radius 1 is 1.26 bits per heavy atom. The maximum Gasteiger partial charge on any atom is 0.209 e. The summed E-state index contributed by atoms with van der Waals surface area (Å²) in [5.41, 5.74) is 1.07. The van der Waals surface area contributed by atoms with Crippen molar-refractivity contribution in [2.24, 2.45) is 0 Å². The molecule has 0 fully saturated rings. The van der Waals surface area contributed by atoms with Crippen molar-refractivity contribution in [2.45, 2.75) is 24.8 Å². The van der Waals surface area contributed by atoms with E-state index in [4.69, 9.17) is 9.47 Å². The number of nitrogens with zero attached hydrogens (tertiary/aromatic N) is 1. The summed E-state index contributed by atoms with van der Waals surface area (Å²) in [7, 11) is 0.458. The molecule has 1 heterocycles. The van der Waals surface area contributed by atoms with Crippen molar-refractivity contribution >= 4 is 10.0 Å². The summed E-state index contributed by atoms with van der Waals surface area (Å²) in [5, 5.41) is 0. The first kappa shape index (κ1) is 17.9. The zero-order valence-electron chi connectivity index (χ0n) is 13.7. The third-order valence-corrected chi connectivity index (χ3v) is 4.34. The smallest absolute Gasteiger partial charge is 0.209 e. The van der Waals surface area contributed by atoms with E-state index in [1.54, 1.807) is 6.26 Å². The molecule has 0 unspecified atom stereocenters. The van der Waals surface area contributed by atoms with Gasteiger partial charge in [-0.15, -0.1) is 0 Å². The van der Waals surface area contributed by atoms with Gasteiger partial charge in [-0.3, -0.25) is 0 Å². The van der Waals surface area contributed by atoms with Crippen molar-refractivity contribution in [2.75, 3.05) is 27.0 Å². The van der Waals surface area contributed by atoms with Crippen molar-refractivity contribution in [1.29, 1.82) is 0 Å². The average Bonchev–Trinajstić information content (AvgIpc) is 2.48. The van der Waals surface area contributed by atoms with Crippen LogP contribution in [0.5, 0.6) is 0 Å². The van der Waals surface area contributed by atoms with Crippen LogP contribution in [-0.2, 0) is 26.1 Å². The minimum absolute atomic E-state index is 0.0937. The Morgan fingerprint density at radius 3 is 2.57 bits per heavy atom. The zero-order chi connectivity index (χ0) is 16.9. The number of rotatable bonds is 7. The minimum atomic E-state index is -3.35. The SMILES string of the molecule is CN(C)[C@H]1C=CO[C@H](COCc2ccccc2)[C@@H]1NS(C)(=O)=O. The summed E-state index contributed by atoms with van der Waals surface area (Å²) >= 11 is 0. The fourth-order valence-electron chi connectivity index (χ4n) is 2.55. The third-order valence-electron chi connectivity index (χ3n) is 3.64. The fourth-order valence-corrected chi connectivity index (χ4v) is 3.33. The van der Waals surface area contributed by atoms with Gasteiger partial charge in [-0.05, 0) is 25.7 Å². The van der Waals surface area contributed by atoms with Crippen LogP contribution in [0.1, 0.15) is 5.56 Å². The van der Waals surface area contributed by atoms with Crippen molar-refractivity contribution in [3.8, 4) is 0 Å². The van der Waals surface area contributed by atoms with Gasteiger partial charge in [0.25, 0.3) is 0 Å². The maximum atomic E-state index is 11.7. The first-order chi connectivity index (χ1) is 10.9. The number of nitrogens with one attached hydrogen (secondary N) is 1. The molecule has 0 saturated carbocycles. The molecular formula is C16H24N2O4S. The molecule has 1 aliphatic heterocycles. The van der Waals surface area contributed by atoms with E-state index in [0.29, 0.717) is 13.2 Å². The average molecular weight is 340 g/mol. The van der Waals surface area contributed by atoms with E-state index in [1.807, 2.05) is 55.4 Å². The molecule has 1 aromatic carbocycles. The Morgan fingerprint density at radius 2 is 1.96 bits per heavy atom. The monoisotopic (exact) mass is 340 g/mol. The van der Waals surface area contributed by atoms with Crippen molar-refractivity contribution < 1.29 is 17.9 Å². The molecule has 0 amide bonds. The summed E-state index contributed by atoms with van der Waals surface area (Å²) < 4.78 is 37.3. The second kappa shape index (κ2) is 7.92. The molecule has 1 aliphatic rings. The van der Waals surface area contributed by atoms with E-state index in [9.17, 15) is 8.42 Å². The standard InChI is InChI=1S/C16H24N2O4S/c1-18(2)14-9-10-22-15(16(14)17-23(3,19)20)12-21-11-13-7-5-4-6-8-13/h4-10,14-17H,11-12H2,1-3H3/t14-,15+,16+/m0/s1. The van der Waals surface area contributed by atoms with Crippen LogP contribution in [0, 0.1) is 0 Å². The Labute approximate surface area is 138 Å². The van der Waals surface area contributed by atoms with Gasteiger partial charge in [0, 0.05) is 0 Å². The molecular weight excluding hydrogens is 316 g/mol. The first-order valence-corrected chi connectivity index (χ1v) is 9.33. The van der Waals surface area contributed by atoms with Gasteiger partial charge in [0.15, 0.2) is 0 Å². The Hall–Kier alpha value is -1.41. The summed E-state index contributed by atoms with van der Waals surface area (Å²) in [4.78, 5) is 1.95. The molecule has 3 atom stereocenters. The lowest BCUT2D eigenvalue weighted by molar-refractivity contribution is -0.0154.